The zero-order chi connectivity index (χ0) is 15.5. The standard InChI is InChI=1S/C15H17BrN2O2S/c1-11-6-7-13(9-15(11)16)18-21(19,20)14-5-3-4-12(8-14)10-17-2/h3-9,17-18H,10H2,1-2H3. The number of halogens is 1. The summed E-state index contributed by atoms with van der Waals surface area (Å²) in [5.41, 5.74) is 2.51. The summed E-state index contributed by atoms with van der Waals surface area (Å²) in [7, 11) is -1.76. The summed E-state index contributed by atoms with van der Waals surface area (Å²) >= 11 is 3.40. The molecule has 0 spiro atoms. The molecule has 21 heavy (non-hydrogen) atoms. The van der Waals surface area contributed by atoms with Crippen LogP contribution in [0.3, 0.4) is 0 Å². The van der Waals surface area contributed by atoms with Crippen LogP contribution >= 0.6 is 15.9 Å². The van der Waals surface area contributed by atoms with Gasteiger partial charge in [0.2, 0.25) is 0 Å². The lowest BCUT2D eigenvalue weighted by atomic mass is 10.2. The van der Waals surface area contributed by atoms with E-state index in [2.05, 4.69) is 26.0 Å². The van der Waals surface area contributed by atoms with Gasteiger partial charge in [0.25, 0.3) is 10.0 Å². The molecule has 0 bridgehead atoms. The van der Waals surface area contributed by atoms with Crippen molar-refractivity contribution < 1.29 is 8.42 Å². The highest BCUT2D eigenvalue weighted by atomic mass is 79.9. The molecule has 0 saturated heterocycles. The molecule has 2 aromatic rings. The van der Waals surface area contributed by atoms with E-state index in [-0.39, 0.29) is 4.90 Å². The molecule has 0 heterocycles. The van der Waals surface area contributed by atoms with Gasteiger partial charge in [0.15, 0.2) is 0 Å². The Morgan fingerprint density at radius 3 is 2.57 bits per heavy atom. The van der Waals surface area contributed by atoms with E-state index in [0.29, 0.717) is 12.2 Å². The molecule has 6 heteroatoms. The summed E-state index contributed by atoms with van der Waals surface area (Å²) in [6.45, 7) is 2.57. The first-order valence-electron chi connectivity index (χ1n) is 6.45. The first-order chi connectivity index (χ1) is 9.92. The zero-order valence-corrected chi connectivity index (χ0v) is 14.3. The van der Waals surface area contributed by atoms with Crippen molar-refractivity contribution >= 4 is 31.6 Å². The van der Waals surface area contributed by atoms with Crippen LogP contribution < -0.4 is 10.0 Å². The first kappa shape index (κ1) is 16.0. The van der Waals surface area contributed by atoms with Gasteiger partial charge >= 0.3 is 0 Å². The van der Waals surface area contributed by atoms with Crippen LogP contribution in [-0.2, 0) is 16.6 Å². The smallest absolute Gasteiger partial charge is 0.261 e. The van der Waals surface area contributed by atoms with Crippen LogP contribution in [0.25, 0.3) is 0 Å². The molecular weight excluding hydrogens is 352 g/mol. The number of aryl methyl sites for hydroxylation is 1. The van der Waals surface area contributed by atoms with E-state index in [1.807, 2.05) is 26.1 Å². The summed E-state index contributed by atoms with van der Waals surface area (Å²) in [4.78, 5) is 0.256. The molecule has 0 fully saturated rings. The molecule has 112 valence electrons. The molecule has 0 aliphatic heterocycles. The highest BCUT2D eigenvalue weighted by molar-refractivity contribution is 9.10. The fourth-order valence-corrected chi connectivity index (χ4v) is 3.40. The Morgan fingerprint density at radius 1 is 1.14 bits per heavy atom. The van der Waals surface area contributed by atoms with E-state index in [1.54, 1.807) is 30.3 Å². The van der Waals surface area contributed by atoms with Crippen molar-refractivity contribution in [3.63, 3.8) is 0 Å². The van der Waals surface area contributed by atoms with Crippen LogP contribution in [0.5, 0.6) is 0 Å². The van der Waals surface area contributed by atoms with Crippen LogP contribution in [0, 0.1) is 6.92 Å². The van der Waals surface area contributed by atoms with E-state index in [1.165, 1.54) is 0 Å². The molecule has 0 saturated carbocycles. The second kappa shape index (κ2) is 6.60. The Bertz CT molecular complexity index is 745. The van der Waals surface area contributed by atoms with Gasteiger partial charge in [-0.25, -0.2) is 8.42 Å². The van der Waals surface area contributed by atoms with E-state index >= 15 is 0 Å². The van der Waals surface area contributed by atoms with Gasteiger partial charge in [-0.15, -0.1) is 0 Å². The van der Waals surface area contributed by atoms with Gasteiger partial charge in [-0.3, -0.25) is 4.72 Å². The second-order valence-electron chi connectivity index (χ2n) is 4.75. The second-order valence-corrected chi connectivity index (χ2v) is 7.28. The summed E-state index contributed by atoms with van der Waals surface area (Å²) in [5, 5.41) is 3.00. The summed E-state index contributed by atoms with van der Waals surface area (Å²) in [6, 6.07) is 12.2. The maximum Gasteiger partial charge on any atom is 0.261 e. The van der Waals surface area contributed by atoms with Gasteiger partial charge in [0, 0.05) is 16.7 Å². The van der Waals surface area contributed by atoms with Gasteiger partial charge in [-0.05, 0) is 49.4 Å². The fraction of sp³-hybridized carbons (Fsp3) is 0.200. The van der Waals surface area contributed by atoms with Crippen LogP contribution in [0.4, 0.5) is 5.69 Å². The average Bonchev–Trinajstić information content (AvgIpc) is 2.43. The topological polar surface area (TPSA) is 58.2 Å². The van der Waals surface area contributed by atoms with E-state index in [4.69, 9.17) is 0 Å². The van der Waals surface area contributed by atoms with Crippen molar-refractivity contribution in [2.24, 2.45) is 0 Å². The van der Waals surface area contributed by atoms with E-state index in [0.717, 1.165) is 15.6 Å². The van der Waals surface area contributed by atoms with Gasteiger partial charge in [-0.2, -0.15) is 0 Å². The molecule has 2 rings (SSSR count). The van der Waals surface area contributed by atoms with Crippen LogP contribution in [0.1, 0.15) is 11.1 Å². The zero-order valence-electron chi connectivity index (χ0n) is 11.9. The fourth-order valence-electron chi connectivity index (χ4n) is 1.90. The minimum absolute atomic E-state index is 0.256. The monoisotopic (exact) mass is 368 g/mol. The lowest BCUT2D eigenvalue weighted by molar-refractivity contribution is 0.601. The summed E-state index contributed by atoms with van der Waals surface area (Å²) in [6.07, 6.45) is 0. The number of sulfonamides is 1. The summed E-state index contributed by atoms with van der Waals surface area (Å²) in [5.74, 6) is 0. The third kappa shape index (κ3) is 4.06. The first-order valence-corrected chi connectivity index (χ1v) is 8.72. The minimum atomic E-state index is -3.58. The lowest BCUT2D eigenvalue weighted by Gasteiger charge is -2.10. The Kier molecular flexibility index (Phi) is 5.03. The normalized spacial score (nSPS) is 11.4. The van der Waals surface area contributed by atoms with Crippen LogP contribution in [-0.4, -0.2) is 15.5 Å². The number of benzene rings is 2. The molecule has 4 nitrogen and oxygen atoms in total. The molecular formula is C15H17BrN2O2S. The number of rotatable bonds is 5. The molecule has 2 N–H and O–H groups in total. The third-order valence-corrected chi connectivity index (χ3v) is 5.25. The van der Waals surface area contributed by atoms with Crippen molar-refractivity contribution in [2.45, 2.75) is 18.4 Å². The predicted octanol–water partition coefficient (Wildman–Crippen LogP) is 3.28. The Morgan fingerprint density at radius 2 is 1.90 bits per heavy atom. The average molecular weight is 369 g/mol. The van der Waals surface area contributed by atoms with E-state index < -0.39 is 10.0 Å². The highest BCUT2D eigenvalue weighted by Crippen LogP contribution is 2.23. The number of hydrogen-bond acceptors (Lipinski definition) is 3. The molecule has 0 aliphatic carbocycles. The van der Waals surface area contributed by atoms with Crippen molar-refractivity contribution in [3.05, 3.63) is 58.1 Å². The van der Waals surface area contributed by atoms with Gasteiger partial charge in [-0.1, -0.05) is 34.1 Å². The van der Waals surface area contributed by atoms with Gasteiger partial charge < -0.3 is 5.32 Å². The molecule has 0 aromatic heterocycles. The minimum Gasteiger partial charge on any atom is -0.316 e. The third-order valence-electron chi connectivity index (χ3n) is 3.01. The number of anilines is 1. The Balaban J connectivity index is 2.29. The quantitative estimate of drug-likeness (QED) is 0.851. The molecule has 0 radical (unpaired) electrons. The van der Waals surface area contributed by atoms with Crippen molar-refractivity contribution in [1.82, 2.24) is 5.32 Å². The predicted molar refractivity (Wildman–Crippen MR) is 88.9 cm³/mol. The SMILES string of the molecule is CNCc1cccc(S(=O)(=O)Nc2ccc(C)c(Br)c2)c1. The van der Waals surface area contributed by atoms with Crippen molar-refractivity contribution in [3.8, 4) is 0 Å². The Hall–Kier alpha value is -1.37. The van der Waals surface area contributed by atoms with Crippen molar-refractivity contribution in [1.29, 1.82) is 0 Å². The molecule has 0 amide bonds. The number of nitrogens with one attached hydrogen (secondary N) is 2. The Labute approximate surface area is 133 Å². The largest absolute Gasteiger partial charge is 0.316 e. The molecule has 2 aromatic carbocycles. The molecule has 0 unspecified atom stereocenters. The molecule has 0 aliphatic rings. The maximum atomic E-state index is 12.4. The van der Waals surface area contributed by atoms with Gasteiger partial charge in [0.05, 0.1) is 4.90 Å². The maximum absolute atomic E-state index is 12.4. The van der Waals surface area contributed by atoms with Crippen LogP contribution in [0.15, 0.2) is 51.8 Å². The van der Waals surface area contributed by atoms with E-state index in [9.17, 15) is 8.42 Å². The van der Waals surface area contributed by atoms with Gasteiger partial charge in [0.1, 0.15) is 0 Å². The van der Waals surface area contributed by atoms with Crippen LogP contribution in [0.2, 0.25) is 0 Å². The van der Waals surface area contributed by atoms with Crippen molar-refractivity contribution in [2.75, 3.05) is 11.8 Å². The number of hydrogen-bond donors (Lipinski definition) is 2. The lowest BCUT2D eigenvalue weighted by Crippen LogP contribution is -2.14. The highest BCUT2D eigenvalue weighted by Gasteiger charge is 2.14. The summed E-state index contributed by atoms with van der Waals surface area (Å²) < 4.78 is 28.3. The molecule has 0 atom stereocenters.